The van der Waals surface area contributed by atoms with E-state index in [4.69, 9.17) is 0 Å². The number of hydrogen-bond donors (Lipinski definition) is 1. The summed E-state index contributed by atoms with van der Waals surface area (Å²) in [4.78, 5) is 0. The lowest BCUT2D eigenvalue weighted by atomic mass is 10.3. The lowest BCUT2D eigenvalue weighted by molar-refractivity contribution is -0.141. The third kappa shape index (κ3) is 4.60. The molecule has 0 atom stereocenters. The van der Waals surface area contributed by atoms with Crippen LogP contribution in [0.25, 0.3) is 0 Å². The highest BCUT2D eigenvalue weighted by molar-refractivity contribution is 5.05. The highest BCUT2D eigenvalue weighted by atomic mass is 19.4. The molecule has 0 saturated heterocycles. The van der Waals surface area contributed by atoms with E-state index in [-0.39, 0.29) is 0 Å². The molecule has 1 heterocycles. The average molecular weight is 247 g/mol. The minimum atomic E-state index is -4.38. The standard InChI is InChI=1S/C11H16F3N3/c1-3-5-15-7-9(2)8-17-6-4-10(16-17)11(12,13)14/h4,6,15H,2-3,5,7-8H2,1H3. The summed E-state index contributed by atoms with van der Waals surface area (Å²) in [7, 11) is 0. The van der Waals surface area contributed by atoms with Gasteiger partial charge in [0.25, 0.3) is 0 Å². The van der Waals surface area contributed by atoms with Crippen LogP contribution in [0, 0.1) is 0 Å². The van der Waals surface area contributed by atoms with E-state index in [0.717, 1.165) is 24.6 Å². The van der Waals surface area contributed by atoms with E-state index in [0.29, 0.717) is 13.1 Å². The first-order valence-corrected chi connectivity index (χ1v) is 5.41. The molecular weight excluding hydrogens is 231 g/mol. The average Bonchev–Trinajstić information content (AvgIpc) is 2.66. The molecule has 1 N–H and O–H groups in total. The summed E-state index contributed by atoms with van der Waals surface area (Å²) < 4.78 is 38.1. The number of alkyl halides is 3. The molecule has 0 fully saturated rings. The fraction of sp³-hybridized carbons (Fsp3) is 0.545. The van der Waals surface area contributed by atoms with E-state index in [1.54, 1.807) is 0 Å². The third-order valence-corrected chi connectivity index (χ3v) is 2.12. The van der Waals surface area contributed by atoms with Crippen molar-refractivity contribution in [2.75, 3.05) is 13.1 Å². The topological polar surface area (TPSA) is 29.9 Å². The van der Waals surface area contributed by atoms with Crippen molar-refractivity contribution in [2.45, 2.75) is 26.1 Å². The predicted octanol–water partition coefficient (Wildman–Crippen LogP) is 2.46. The zero-order chi connectivity index (χ0) is 12.9. The van der Waals surface area contributed by atoms with Crippen LogP contribution in [0.1, 0.15) is 19.0 Å². The number of nitrogens with one attached hydrogen (secondary N) is 1. The molecule has 0 bridgehead atoms. The molecule has 0 aliphatic carbocycles. The summed E-state index contributed by atoms with van der Waals surface area (Å²) in [5.41, 5.74) is -0.0675. The molecule has 0 radical (unpaired) electrons. The number of halogens is 3. The smallest absolute Gasteiger partial charge is 0.313 e. The minimum absolute atomic E-state index is 0.298. The summed E-state index contributed by atoms with van der Waals surface area (Å²) in [5.74, 6) is 0. The van der Waals surface area contributed by atoms with Crippen molar-refractivity contribution in [1.82, 2.24) is 15.1 Å². The Morgan fingerprint density at radius 2 is 2.24 bits per heavy atom. The van der Waals surface area contributed by atoms with Crippen molar-refractivity contribution in [3.63, 3.8) is 0 Å². The molecule has 0 amide bonds. The summed E-state index contributed by atoms with van der Waals surface area (Å²) in [6.45, 7) is 7.59. The van der Waals surface area contributed by atoms with Gasteiger partial charge in [-0.2, -0.15) is 18.3 Å². The first-order valence-electron chi connectivity index (χ1n) is 5.41. The first kappa shape index (κ1) is 13.8. The fourth-order valence-electron chi connectivity index (χ4n) is 1.33. The molecule has 0 aromatic carbocycles. The van der Waals surface area contributed by atoms with Gasteiger partial charge in [-0.3, -0.25) is 4.68 Å². The summed E-state index contributed by atoms with van der Waals surface area (Å²) in [5, 5.41) is 6.58. The highest BCUT2D eigenvalue weighted by Gasteiger charge is 2.33. The van der Waals surface area contributed by atoms with E-state index in [1.165, 1.54) is 10.9 Å². The SMILES string of the molecule is C=C(CNCCC)Cn1ccc(C(F)(F)F)n1. The number of nitrogens with zero attached hydrogens (tertiary/aromatic N) is 2. The van der Waals surface area contributed by atoms with Crippen LogP contribution in [0.15, 0.2) is 24.4 Å². The van der Waals surface area contributed by atoms with Gasteiger partial charge in [-0.1, -0.05) is 13.5 Å². The van der Waals surface area contributed by atoms with Gasteiger partial charge in [-0.15, -0.1) is 0 Å². The van der Waals surface area contributed by atoms with Gasteiger partial charge in [-0.05, 0) is 24.6 Å². The molecule has 1 aromatic rings. The van der Waals surface area contributed by atoms with Crippen molar-refractivity contribution in [2.24, 2.45) is 0 Å². The van der Waals surface area contributed by atoms with Crippen LogP contribution in [-0.4, -0.2) is 22.9 Å². The van der Waals surface area contributed by atoms with Crippen LogP contribution in [0.4, 0.5) is 13.2 Å². The molecule has 96 valence electrons. The lowest BCUT2D eigenvalue weighted by Gasteiger charge is -2.07. The molecule has 0 aliphatic rings. The fourth-order valence-corrected chi connectivity index (χ4v) is 1.33. The molecule has 0 unspecified atom stereocenters. The van der Waals surface area contributed by atoms with Gasteiger partial charge in [0.1, 0.15) is 0 Å². The number of hydrogen-bond acceptors (Lipinski definition) is 2. The van der Waals surface area contributed by atoms with Crippen molar-refractivity contribution in [1.29, 1.82) is 0 Å². The van der Waals surface area contributed by atoms with E-state index in [2.05, 4.69) is 17.0 Å². The molecule has 1 aromatic heterocycles. The second-order valence-corrected chi connectivity index (χ2v) is 3.82. The highest BCUT2D eigenvalue weighted by Crippen LogP contribution is 2.27. The second-order valence-electron chi connectivity index (χ2n) is 3.82. The van der Waals surface area contributed by atoms with Crippen LogP contribution < -0.4 is 5.32 Å². The second kappa shape index (κ2) is 5.86. The molecule has 17 heavy (non-hydrogen) atoms. The zero-order valence-electron chi connectivity index (χ0n) is 9.72. The summed E-state index contributed by atoms with van der Waals surface area (Å²) in [6.07, 6.45) is -2.06. The number of aromatic nitrogens is 2. The van der Waals surface area contributed by atoms with Crippen LogP contribution in [0.5, 0.6) is 0 Å². The Kier molecular flexibility index (Phi) is 4.74. The largest absolute Gasteiger partial charge is 0.435 e. The molecule has 1 rings (SSSR count). The monoisotopic (exact) mass is 247 g/mol. The Morgan fingerprint density at radius 1 is 1.53 bits per heavy atom. The Bertz CT molecular complexity index is 368. The maximum Gasteiger partial charge on any atom is 0.435 e. The maximum atomic E-state index is 12.3. The maximum absolute atomic E-state index is 12.3. The summed E-state index contributed by atoms with van der Waals surface area (Å²) in [6, 6.07) is 0.965. The Hall–Kier alpha value is -1.30. The number of rotatable bonds is 6. The van der Waals surface area contributed by atoms with E-state index < -0.39 is 11.9 Å². The van der Waals surface area contributed by atoms with Crippen molar-refractivity contribution in [3.05, 3.63) is 30.1 Å². The third-order valence-electron chi connectivity index (χ3n) is 2.12. The minimum Gasteiger partial charge on any atom is -0.313 e. The van der Waals surface area contributed by atoms with Crippen LogP contribution in [0.3, 0.4) is 0 Å². The summed E-state index contributed by atoms with van der Waals surface area (Å²) >= 11 is 0. The quantitative estimate of drug-likeness (QED) is 0.618. The predicted molar refractivity (Wildman–Crippen MR) is 59.5 cm³/mol. The van der Waals surface area contributed by atoms with Crippen molar-refractivity contribution in [3.8, 4) is 0 Å². The molecule has 6 heteroatoms. The van der Waals surface area contributed by atoms with E-state index in [1.807, 2.05) is 6.92 Å². The molecule has 0 saturated carbocycles. The Labute approximate surface area is 98.3 Å². The normalized spacial score (nSPS) is 11.8. The van der Waals surface area contributed by atoms with Crippen LogP contribution in [-0.2, 0) is 12.7 Å². The van der Waals surface area contributed by atoms with E-state index >= 15 is 0 Å². The zero-order valence-corrected chi connectivity index (χ0v) is 9.72. The Balaban J connectivity index is 2.46. The van der Waals surface area contributed by atoms with Gasteiger partial charge in [0.15, 0.2) is 5.69 Å². The lowest BCUT2D eigenvalue weighted by Crippen LogP contribution is -2.20. The first-order chi connectivity index (χ1) is 7.93. The van der Waals surface area contributed by atoms with E-state index in [9.17, 15) is 13.2 Å². The van der Waals surface area contributed by atoms with Gasteiger partial charge in [-0.25, -0.2) is 0 Å². The van der Waals surface area contributed by atoms with Crippen molar-refractivity contribution < 1.29 is 13.2 Å². The molecule has 0 spiro atoms. The molecule has 3 nitrogen and oxygen atoms in total. The van der Waals surface area contributed by atoms with Crippen molar-refractivity contribution >= 4 is 0 Å². The Morgan fingerprint density at radius 3 is 2.76 bits per heavy atom. The van der Waals surface area contributed by atoms with Gasteiger partial charge < -0.3 is 5.32 Å². The van der Waals surface area contributed by atoms with Gasteiger partial charge in [0, 0.05) is 12.7 Å². The molecule has 0 aliphatic heterocycles. The van der Waals surface area contributed by atoms with Crippen LogP contribution >= 0.6 is 0 Å². The van der Waals surface area contributed by atoms with Gasteiger partial charge >= 0.3 is 6.18 Å². The van der Waals surface area contributed by atoms with Crippen LogP contribution in [0.2, 0.25) is 0 Å². The molecular formula is C11H16F3N3. The van der Waals surface area contributed by atoms with Gasteiger partial charge in [0.2, 0.25) is 0 Å². The van der Waals surface area contributed by atoms with Gasteiger partial charge in [0.05, 0.1) is 6.54 Å².